The number of primary amides is 1. The van der Waals surface area contributed by atoms with Crippen LogP contribution in [0.25, 0.3) is 0 Å². The Hall–Kier alpha value is -2.63. The van der Waals surface area contributed by atoms with Crippen molar-refractivity contribution in [3.8, 4) is 0 Å². The second-order valence-electron chi connectivity index (χ2n) is 4.85. The summed E-state index contributed by atoms with van der Waals surface area (Å²) in [6, 6.07) is 5.53. The molecule has 21 heavy (non-hydrogen) atoms. The molecular formula is C15H19N3O3. The lowest BCUT2D eigenvalue weighted by Gasteiger charge is -2.15. The van der Waals surface area contributed by atoms with Crippen molar-refractivity contribution in [2.24, 2.45) is 5.73 Å². The van der Waals surface area contributed by atoms with Crippen LogP contribution in [0.4, 0.5) is 5.69 Å². The van der Waals surface area contributed by atoms with Crippen LogP contribution in [0.1, 0.15) is 30.6 Å². The molecule has 1 atom stereocenters. The summed E-state index contributed by atoms with van der Waals surface area (Å²) in [5.74, 6) is -1.21. The van der Waals surface area contributed by atoms with E-state index in [-0.39, 0.29) is 5.91 Å². The van der Waals surface area contributed by atoms with Gasteiger partial charge in [-0.15, -0.1) is 6.58 Å². The molecular weight excluding hydrogens is 270 g/mol. The van der Waals surface area contributed by atoms with E-state index < -0.39 is 17.9 Å². The molecule has 1 rings (SSSR count). The van der Waals surface area contributed by atoms with E-state index in [0.29, 0.717) is 17.7 Å². The third-order valence-corrected chi connectivity index (χ3v) is 2.67. The summed E-state index contributed by atoms with van der Waals surface area (Å²) in [6.45, 7) is 6.85. The molecule has 0 heterocycles. The fourth-order valence-corrected chi connectivity index (χ4v) is 1.72. The zero-order valence-corrected chi connectivity index (χ0v) is 12.1. The van der Waals surface area contributed by atoms with Crippen LogP contribution < -0.4 is 16.4 Å². The number of rotatable bonds is 6. The van der Waals surface area contributed by atoms with Crippen molar-refractivity contribution >= 4 is 23.4 Å². The van der Waals surface area contributed by atoms with E-state index in [1.807, 2.05) is 0 Å². The van der Waals surface area contributed by atoms with E-state index in [1.165, 1.54) is 6.92 Å². The number of anilines is 1. The summed E-state index contributed by atoms with van der Waals surface area (Å²) in [4.78, 5) is 34.2. The number of amides is 3. The van der Waals surface area contributed by atoms with Gasteiger partial charge in [-0.1, -0.05) is 5.57 Å². The first-order valence-corrected chi connectivity index (χ1v) is 6.42. The minimum absolute atomic E-state index is 0.192. The molecule has 0 aliphatic heterocycles. The van der Waals surface area contributed by atoms with E-state index in [4.69, 9.17) is 5.73 Å². The van der Waals surface area contributed by atoms with Gasteiger partial charge in [0.15, 0.2) is 0 Å². The van der Waals surface area contributed by atoms with Crippen LogP contribution >= 0.6 is 0 Å². The van der Waals surface area contributed by atoms with E-state index in [2.05, 4.69) is 17.2 Å². The highest BCUT2D eigenvalue weighted by Gasteiger charge is 2.18. The molecule has 0 fully saturated rings. The van der Waals surface area contributed by atoms with Gasteiger partial charge in [-0.25, -0.2) is 0 Å². The van der Waals surface area contributed by atoms with Gasteiger partial charge in [0.2, 0.25) is 11.8 Å². The lowest BCUT2D eigenvalue weighted by atomic mass is 10.1. The fourth-order valence-electron chi connectivity index (χ4n) is 1.72. The highest BCUT2D eigenvalue weighted by atomic mass is 16.2. The van der Waals surface area contributed by atoms with E-state index in [1.54, 1.807) is 31.2 Å². The third kappa shape index (κ3) is 5.48. The molecule has 0 saturated heterocycles. The Morgan fingerprint density at radius 3 is 2.19 bits per heavy atom. The minimum Gasteiger partial charge on any atom is -0.368 e. The van der Waals surface area contributed by atoms with Crippen molar-refractivity contribution in [3.05, 3.63) is 42.0 Å². The van der Waals surface area contributed by atoms with Gasteiger partial charge in [0.25, 0.3) is 5.91 Å². The van der Waals surface area contributed by atoms with Crippen molar-refractivity contribution in [1.29, 1.82) is 0 Å². The second kappa shape index (κ2) is 7.23. The lowest BCUT2D eigenvalue weighted by Crippen LogP contribution is -2.44. The lowest BCUT2D eigenvalue weighted by molar-refractivity contribution is -0.119. The number of benzene rings is 1. The van der Waals surface area contributed by atoms with E-state index in [9.17, 15) is 14.4 Å². The maximum absolute atomic E-state index is 12.0. The number of carbonyl (C=O) groups is 3. The molecule has 6 heteroatoms. The molecule has 0 saturated carbocycles. The van der Waals surface area contributed by atoms with Crippen LogP contribution in [-0.4, -0.2) is 23.8 Å². The largest absolute Gasteiger partial charge is 0.368 e. The van der Waals surface area contributed by atoms with E-state index in [0.717, 1.165) is 5.57 Å². The first kappa shape index (κ1) is 16.4. The first-order chi connectivity index (χ1) is 9.79. The van der Waals surface area contributed by atoms with Crippen LogP contribution in [0, 0.1) is 0 Å². The molecule has 6 nitrogen and oxygen atoms in total. The summed E-state index contributed by atoms with van der Waals surface area (Å²) in [6.07, 6.45) is 0.297. The van der Waals surface area contributed by atoms with Crippen molar-refractivity contribution in [2.75, 3.05) is 5.32 Å². The maximum Gasteiger partial charge on any atom is 0.251 e. The predicted molar refractivity (Wildman–Crippen MR) is 80.6 cm³/mol. The van der Waals surface area contributed by atoms with Crippen LogP contribution in [0.2, 0.25) is 0 Å². The summed E-state index contributed by atoms with van der Waals surface area (Å²) in [5.41, 5.74) is 6.96. The highest BCUT2D eigenvalue weighted by molar-refractivity contribution is 5.98. The average Bonchev–Trinajstić information content (AvgIpc) is 2.37. The number of hydrogen-bond acceptors (Lipinski definition) is 3. The van der Waals surface area contributed by atoms with Gasteiger partial charge in [0.1, 0.15) is 6.04 Å². The Bertz CT molecular complexity index is 564. The summed E-state index contributed by atoms with van der Waals surface area (Å²) in [7, 11) is 0. The molecule has 0 aromatic heterocycles. The summed E-state index contributed by atoms with van der Waals surface area (Å²) in [5, 5.41) is 5.16. The SMILES string of the molecule is C=C(C)C[C@H](NC(=O)c1ccc(NC(C)=O)cc1)C(N)=O. The van der Waals surface area contributed by atoms with Crippen LogP contribution in [-0.2, 0) is 9.59 Å². The van der Waals surface area contributed by atoms with Gasteiger partial charge in [-0.2, -0.15) is 0 Å². The average molecular weight is 289 g/mol. The Balaban J connectivity index is 2.76. The number of nitrogens with one attached hydrogen (secondary N) is 2. The van der Waals surface area contributed by atoms with Crippen molar-refractivity contribution in [3.63, 3.8) is 0 Å². The Labute approximate surface area is 123 Å². The summed E-state index contributed by atoms with van der Waals surface area (Å²) >= 11 is 0. The van der Waals surface area contributed by atoms with Gasteiger partial charge in [0.05, 0.1) is 0 Å². The predicted octanol–water partition coefficient (Wildman–Crippen LogP) is 1.19. The molecule has 0 aliphatic carbocycles. The highest BCUT2D eigenvalue weighted by Crippen LogP contribution is 2.10. The molecule has 0 spiro atoms. The van der Waals surface area contributed by atoms with E-state index >= 15 is 0 Å². The van der Waals surface area contributed by atoms with Crippen LogP contribution in [0.5, 0.6) is 0 Å². The smallest absolute Gasteiger partial charge is 0.251 e. The van der Waals surface area contributed by atoms with Gasteiger partial charge in [-0.3, -0.25) is 14.4 Å². The number of nitrogens with two attached hydrogens (primary N) is 1. The second-order valence-corrected chi connectivity index (χ2v) is 4.85. The molecule has 0 radical (unpaired) electrons. The molecule has 1 aromatic carbocycles. The molecule has 0 bridgehead atoms. The third-order valence-electron chi connectivity index (χ3n) is 2.67. The van der Waals surface area contributed by atoms with Crippen molar-refractivity contribution in [2.45, 2.75) is 26.3 Å². The Morgan fingerprint density at radius 1 is 1.19 bits per heavy atom. The van der Waals surface area contributed by atoms with Crippen molar-refractivity contribution in [1.82, 2.24) is 5.32 Å². The quantitative estimate of drug-likeness (QED) is 0.686. The van der Waals surface area contributed by atoms with Crippen molar-refractivity contribution < 1.29 is 14.4 Å². The fraction of sp³-hybridized carbons (Fsp3) is 0.267. The number of carbonyl (C=O) groups excluding carboxylic acids is 3. The monoisotopic (exact) mass is 289 g/mol. The molecule has 0 unspecified atom stereocenters. The van der Waals surface area contributed by atoms with Crippen LogP contribution in [0.3, 0.4) is 0 Å². The summed E-state index contributed by atoms with van der Waals surface area (Å²) < 4.78 is 0. The molecule has 1 aromatic rings. The minimum atomic E-state index is -0.787. The van der Waals surface area contributed by atoms with Gasteiger partial charge < -0.3 is 16.4 Å². The molecule has 0 aliphatic rings. The molecule has 4 N–H and O–H groups in total. The topological polar surface area (TPSA) is 101 Å². The van der Waals surface area contributed by atoms with Gasteiger partial charge in [0, 0.05) is 18.2 Å². The Morgan fingerprint density at radius 2 is 1.76 bits per heavy atom. The molecule has 3 amide bonds. The van der Waals surface area contributed by atoms with Gasteiger partial charge in [-0.05, 0) is 37.6 Å². The Kier molecular flexibility index (Phi) is 5.66. The zero-order valence-electron chi connectivity index (χ0n) is 12.1. The first-order valence-electron chi connectivity index (χ1n) is 6.42. The standard InChI is InChI=1S/C15H19N3O3/c1-9(2)8-13(14(16)20)18-15(21)11-4-6-12(7-5-11)17-10(3)19/h4-7,13H,1,8H2,2-3H3,(H2,16,20)(H,17,19)(H,18,21)/t13-/m0/s1. The maximum atomic E-state index is 12.0. The van der Waals surface area contributed by atoms with Gasteiger partial charge >= 0.3 is 0 Å². The molecule has 112 valence electrons. The zero-order chi connectivity index (χ0) is 16.0. The number of hydrogen-bond donors (Lipinski definition) is 3. The normalized spacial score (nSPS) is 11.3. The van der Waals surface area contributed by atoms with Crippen LogP contribution in [0.15, 0.2) is 36.4 Å².